The Balaban J connectivity index is 1.77. The van der Waals surface area contributed by atoms with Crippen molar-refractivity contribution < 1.29 is 0 Å². The van der Waals surface area contributed by atoms with Gasteiger partial charge in [-0.05, 0) is 22.4 Å². The molecule has 1 aromatic carbocycles. The molecule has 3 rings (SSSR count). The van der Waals surface area contributed by atoms with Crippen LogP contribution in [0.1, 0.15) is 30.8 Å². The largest absolute Gasteiger partial charge is 0.287 e. The Hall–Kier alpha value is -1.40. The third-order valence-corrected chi connectivity index (χ3v) is 4.83. The third kappa shape index (κ3) is 3.44. The zero-order valence-corrected chi connectivity index (χ0v) is 13.2. The number of rotatable bonds is 5. The third-order valence-electron chi connectivity index (χ3n) is 3.81. The summed E-state index contributed by atoms with van der Waals surface area (Å²) < 4.78 is 1.93. The van der Waals surface area contributed by atoms with Crippen molar-refractivity contribution in [2.24, 2.45) is 0 Å². The van der Waals surface area contributed by atoms with Crippen molar-refractivity contribution in [3.05, 3.63) is 41.7 Å². The topological polar surface area (TPSA) is 46.8 Å². The van der Waals surface area contributed by atoms with Crippen LogP contribution in [0.15, 0.2) is 30.3 Å². The Morgan fingerprint density at radius 1 is 1.29 bits per heavy atom. The fraction of sp³-hybridized carbons (Fsp3) is 0.533. The first kappa shape index (κ1) is 14.5. The highest BCUT2D eigenvalue weighted by Crippen LogP contribution is 2.30. The van der Waals surface area contributed by atoms with Gasteiger partial charge in [0.15, 0.2) is 5.82 Å². The zero-order valence-electron chi connectivity index (χ0n) is 12.4. The number of benzene rings is 1. The van der Waals surface area contributed by atoms with Gasteiger partial charge >= 0.3 is 0 Å². The molecule has 2 heterocycles. The average molecular weight is 303 g/mol. The van der Waals surface area contributed by atoms with E-state index < -0.39 is 0 Å². The van der Waals surface area contributed by atoms with Crippen molar-refractivity contribution in [1.29, 1.82) is 0 Å². The van der Waals surface area contributed by atoms with Gasteiger partial charge in [0.25, 0.3) is 0 Å². The minimum Gasteiger partial charge on any atom is -0.287 e. The quantitative estimate of drug-likeness (QED) is 0.848. The van der Waals surface area contributed by atoms with Crippen molar-refractivity contribution in [1.82, 2.24) is 25.1 Å². The monoisotopic (exact) mass is 303 g/mol. The Morgan fingerprint density at radius 3 is 2.95 bits per heavy atom. The fourth-order valence-corrected chi connectivity index (χ4v) is 3.87. The van der Waals surface area contributed by atoms with Gasteiger partial charge < -0.3 is 0 Å². The summed E-state index contributed by atoms with van der Waals surface area (Å²) in [6.45, 7) is 4.95. The maximum Gasteiger partial charge on any atom is 0.165 e. The molecule has 0 radical (unpaired) electrons. The van der Waals surface area contributed by atoms with Gasteiger partial charge in [-0.2, -0.15) is 11.8 Å². The molecule has 0 spiro atoms. The van der Waals surface area contributed by atoms with Crippen molar-refractivity contribution in [2.75, 3.05) is 18.1 Å². The van der Waals surface area contributed by atoms with E-state index in [9.17, 15) is 0 Å². The van der Waals surface area contributed by atoms with E-state index in [1.807, 2.05) is 16.4 Å². The summed E-state index contributed by atoms with van der Waals surface area (Å²) in [5.74, 6) is 3.29. The number of thioether (sulfide) groups is 1. The van der Waals surface area contributed by atoms with Crippen molar-refractivity contribution >= 4 is 11.8 Å². The van der Waals surface area contributed by atoms with E-state index in [2.05, 4.69) is 57.7 Å². The highest BCUT2D eigenvalue weighted by molar-refractivity contribution is 7.99. The fourth-order valence-electron chi connectivity index (χ4n) is 2.71. The second kappa shape index (κ2) is 7.04. The van der Waals surface area contributed by atoms with E-state index in [1.54, 1.807) is 0 Å². The van der Waals surface area contributed by atoms with E-state index in [0.29, 0.717) is 6.04 Å². The van der Waals surface area contributed by atoms with Gasteiger partial charge in [0, 0.05) is 30.6 Å². The molecule has 2 aromatic rings. The second-order valence-electron chi connectivity index (χ2n) is 5.29. The molecule has 0 saturated carbocycles. The van der Waals surface area contributed by atoms with Crippen LogP contribution in [0.5, 0.6) is 0 Å². The number of tetrazole rings is 1. The summed E-state index contributed by atoms with van der Waals surface area (Å²) in [6.07, 6.45) is 1.05. The summed E-state index contributed by atoms with van der Waals surface area (Å²) >= 11 is 2.03. The zero-order chi connectivity index (χ0) is 14.5. The molecular weight excluding hydrogens is 282 g/mol. The van der Waals surface area contributed by atoms with Crippen LogP contribution in [0.2, 0.25) is 0 Å². The molecule has 112 valence electrons. The summed E-state index contributed by atoms with van der Waals surface area (Å²) in [4.78, 5) is 2.50. The van der Waals surface area contributed by atoms with E-state index in [-0.39, 0.29) is 0 Å². The summed E-state index contributed by atoms with van der Waals surface area (Å²) in [7, 11) is 0. The number of aromatic nitrogens is 4. The Kier molecular flexibility index (Phi) is 4.87. The highest BCUT2D eigenvalue weighted by atomic mass is 32.2. The summed E-state index contributed by atoms with van der Waals surface area (Å²) in [5, 5.41) is 12.1. The molecule has 0 unspecified atom stereocenters. The molecule has 1 aliphatic heterocycles. The molecular formula is C15H21N5S. The van der Waals surface area contributed by atoms with Crippen LogP contribution in [0.4, 0.5) is 0 Å². The predicted molar refractivity (Wildman–Crippen MR) is 85.0 cm³/mol. The molecule has 6 heteroatoms. The Bertz CT molecular complexity index is 556. The number of hydrogen-bond acceptors (Lipinski definition) is 5. The van der Waals surface area contributed by atoms with Crippen LogP contribution in [0.25, 0.3) is 0 Å². The van der Waals surface area contributed by atoms with Crippen LogP contribution in [0.3, 0.4) is 0 Å². The Labute approximate surface area is 129 Å². The Morgan fingerprint density at radius 2 is 2.14 bits per heavy atom. The van der Waals surface area contributed by atoms with Crippen LogP contribution in [-0.4, -0.2) is 43.2 Å². The predicted octanol–water partition coefficient (Wildman–Crippen LogP) is 2.37. The van der Waals surface area contributed by atoms with Crippen molar-refractivity contribution in [3.8, 4) is 0 Å². The smallest absolute Gasteiger partial charge is 0.165 e. The highest BCUT2D eigenvalue weighted by Gasteiger charge is 2.25. The molecule has 1 aromatic heterocycles. The van der Waals surface area contributed by atoms with Gasteiger partial charge in [-0.15, -0.1) is 5.10 Å². The average Bonchev–Trinajstić information content (AvgIpc) is 2.96. The number of hydrogen-bond donors (Lipinski definition) is 0. The minimum atomic E-state index is 0.455. The maximum absolute atomic E-state index is 4.21. The minimum absolute atomic E-state index is 0.455. The molecule has 0 amide bonds. The maximum atomic E-state index is 4.21. The molecule has 0 N–H and O–H groups in total. The first-order valence-electron chi connectivity index (χ1n) is 7.50. The molecule has 0 aliphatic carbocycles. The van der Waals surface area contributed by atoms with E-state index in [0.717, 1.165) is 37.6 Å². The van der Waals surface area contributed by atoms with Gasteiger partial charge in [-0.1, -0.05) is 37.3 Å². The lowest BCUT2D eigenvalue weighted by molar-refractivity contribution is 0.202. The second-order valence-corrected chi connectivity index (χ2v) is 6.44. The molecule has 21 heavy (non-hydrogen) atoms. The first-order valence-corrected chi connectivity index (χ1v) is 8.65. The lowest BCUT2D eigenvalue weighted by atomic mass is 10.1. The van der Waals surface area contributed by atoms with Crippen molar-refractivity contribution in [2.45, 2.75) is 32.5 Å². The number of aryl methyl sites for hydroxylation is 1. The summed E-state index contributed by atoms with van der Waals surface area (Å²) in [5.41, 5.74) is 1.39. The lowest BCUT2D eigenvalue weighted by Crippen LogP contribution is -2.36. The molecule has 1 atom stereocenters. The normalized spacial score (nSPS) is 19.8. The van der Waals surface area contributed by atoms with Crippen molar-refractivity contribution in [3.63, 3.8) is 0 Å². The van der Waals surface area contributed by atoms with Gasteiger partial charge in [0.05, 0.1) is 6.54 Å². The molecule has 1 aliphatic rings. The van der Waals surface area contributed by atoms with Crippen LogP contribution in [0, 0.1) is 0 Å². The lowest BCUT2D eigenvalue weighted by Gasteiger charge is -2.35. The van der Waals surface area contributed by atoms with E-state index in [1.165, 1.54) is 11.3 Å². The van der Waals surface area contributed by atoms with Crippen LogP contribution < -0.4 is 0 Å². The van der Waals surface area contributed by atoms with Crippen LogP contribution in [-0.2, 0) is 13.1 Å². The van der Waals surface area contributed by atoms with E-state index >= 15 is 0 Å². The standard InChI is InChI=1S/C15H21N5S/c1-2-8-20-15(16-17-18-20)11-19-9-10-21-12-14(19)13-6-4-3-5-7-13/h3-7,14H,2,8-12H2,1H3/t14-/m0/s1. The van der Waals surface area contributed by atoms with Gasteiger partial charge in [-0.3, -0.25) is 4.90 Å². The molecule has 0 bridgehead atoms. The van der Waals surface area contributed by atoms with Gasteiger partial charge in [-0.25, -0.2) is 4.68 Å². The van der Waals surface area contributed by atoms with Crippen LogP contribution >= 0.6 is 11.8 Å². The molecule has 5 nitrogen and oxygen atoms in total. The van der Waals surface area contributed by atoms with E-state index in [4.69, 9.17) is 0 Å². The summed E-state index contributed by atoms with van der Waals surface area (Å²) in [6, 6.07) is 11.2. The number of nitrogens with zero attached hydrogens (tertiary/aromatic N) is 5. The van der Waals surface area contributed by atoms with Gasteiger partial charge in [0.1, 0.15) is 0 Å². The SMILES string of the molecule is CCCn1nnnc1CN1CCSC[C@H]1c1ccccc1. The molecule has 1 saturated heterocycles. The first-order chi connectivity index (χ1) is 10.4. The van der Waals surface area contributed by atoms with Gasteiger partial charge in [0.2, 0.25) is 0 Å². The molecule has 1 fully saturated rings.